The summed E-state index contributed by atoms with van der Waals surface area (Å²) < 4.78 is 38.9. The average molecular weight is 260 g/mol. The highest BCUT2D eigenvalue weighted by Crippen LogP contribution is 2.42. The van der Waals surface area contributed by atoms with Crippen LogP contribution in [0.3, 0.4) is 0 Å². The smallest absolute Gasteiger partial charge is 0.392 e. The van der Waals surface area contributed by atoms with Gasteiger partial charge in [0.05, 0.1) is 23.0 Å². The van der Waals surface area contributed by atoms with Gasteiger partial charge in [-0.05, 0) is 19.1 Å². The van der Waals surface area contributed by atoms with Crippen LogP contribution in [-0.2, 0) is 6.18 Å². The van der Waals surface area contributed by atoms with E-state index in [1.165, 1.54) is 6.07 Å². The number of para-hydroxylation sites is 1. The van der Waals surface area contributed by atoms with E-state index in [0.717, 1.165) is 6.07 Å². The first-order chi connectivity index (χ1) is 8.39. The molecular formula is C12H15F3N2O. The molecule has 0 spiro atoms. The third-order valence-corrected chi connectivity index (χ3v) is 2.84. The lowest BCUT2D eigenvalue weighted by Gasteiger charge is -2.35. The van der Waals surface area contributed by atoms with E-state index in [2.05, 4.69) is 5.32 Å². The van der Waals surface area contributed by atoms with E-state index in [4.69, 9.17) is 0 Å². The molecule has 0 saturated carbocycles. The number of nitrogens with one attached hydrogen (secondary N) is 1. The Morgan fingerprint density at radius 3 is 2.78 bits per heavy atom. The van der Waals surface area contributed by atoms with Crippen LogP contribution in [0.1, 0.15) is 12.5 Å². The molecule has 2 rings (SSSR count). The predicted molar refractivity (Wildman–Crippen MR) is 63.8 cm³/mol. The monoisotopic (exact) mass is 260 g/mol. The largest absolute Gasteiger partial charge is 0.418 e. The van der Waals surface area contributed by atoms with E-state index in [1.807, 2.05) is 0 Å². The maximum absolute atomic E-state index is 13.0. The van der Waals surface area contributed by atoms with Crippen molar-refractivity contribution in [1.29, 1.82) is 0 Å². The van der Waals surface area contributed by atoms with Crippen LogP contribution in [0.5, 0.6) is 0 Å². The number of hydrogen-bond acceptors (Lipinski definition) is 3. The molecule has 0 radical (unpaired) electrons. The number of benzene rings is 1. The van der Waals surface area contributed by atoms with Gasteiger partial charge in [-0.15, -0.1) is 0 Å². The summed E-state index contributed by atoms with van der Waals surface area (Å²) in [6.45, 7) is 2.78. The number of fused-ring (bicyclic) bond motifs is 1. The number of hydrogen-bond donors (Lipinski definition) is 2. The number of anilines is 2. The fourth-order valence-corrected chi connectivity index (χ4v) is 2.19. The Balaban J connectivity index is 2.46. The zero-order valence-electron chi connectivity index (χ0n) is 9.96. The summed E-state index contributed by atoms with van der Waals surface area (Å²) in [7, 11) is 0. The minimum Gasteiger partial charge on any atom is -0.392 e. The van der Waals surface area contributed by atoms with Crippen LogP contribution in [-0.4, -0.2) is 30.8 Å². The van der Waals surface area contributed by atoms with Crippen LogP contribution in [0.4, 0.5) is 24.5 Å². The fraction of sp³-hybridized carbons (Fsp3) is 0.500. The van der Waals surface area contributed by atoms with Crippen molar-refractivity contribution in [1.82, 2.24) is 0 Å². The number of halogens is 3. The van der Waals surface area contributed by atoms with Crippen LogP contribution in [0.15, 0.2) is 18.2 Å². The van der Waals surface area contributed by atoms with Gasteiger partial charge >= 0.3 is 6.18 Å². The van der Waals surface area contributed by atoms with Crippen molar-refractivity contribution in [3.8, 4) is 0 Å². The second kappa shape index (κ2) is 4.68. The first-order valence-corrected chi connectivity index (χ1v) is 5.76. The van der Waals surface area contributed by atoms with Crippen LogP contribution < -0.4 is 10.2 Å². The third kappa shape index (κ3) is 2.53. The quantitative estimate of drug-likeness (QED) is 0.856. The first kappa shape index (κ1) is 13.0. The van der Waals surface area contributed by atoms with Gasteiger partial charge < -0.3 is 15.3 Å². The molecule has 0 fully saturated rings. The molecule has 6 heteroatoms. The minimum atomic E-state index is -4.39. The molecule has 0 aliphatic carbocycles. The molecule has 0 saturated heterocycles. The minimum absolute atomic E-state index is 0.136. The molecule has 1 aliphatic rings. The lowest BCUT2D eigenvalue weighted by atomic mass is 10.1. The van der Waals surface area contributed by atoms with E-state index < -0.39 is 17.8 Å². The van der Waals surface area contributed by atoms with Gasteiger partial charge in [0.2, 0.25) is 0 Å². The van der Waals surface area contributed by atoms with E-state index in [-0.39, 0.29) is 12.2 Å². The van der Waals surface area contributed by atoms with Gasteiger partial charge in [0.1, 0.15) is 0 Å². The predicted octanol–water partition coefficient (Wildman–Crippen LogP) is 2.32. The van der Waals surface area contributed by atoms with Gasteiger partial charge in [-0.1, -0.05) is 6.07 Å². The second-order valence-electron chi connectivity index (χ2n) is 4.42. The number of alkyl halides is 3. The molecule has 2 N–H and O–H groups in total. The molecule has 3 nitrogen and oxygen atoms in total. The highest BCUT2D eigenvalue weighted by molar-refractivity contribution is 5.76. The van der Waals surface area contributed by atoms with Crippen molar-refractivity contribution in [2.24, 2.45) is 0 Å². The van der Waals surface area contributed by atoms with E-state index >= 15 is 0 Å². The van der Waals surface area contributed by atoms with Crippen LogP contribution in [0.2, 0.25) is 0 Å². The molecule has 1 atom stereocenters. The maximum atomic E-state index is 13.0. The molecule has 18 heavy (non-hydrogen) atoms. The SMILES string of the molecule is CC(O)CN1CCNc2cccc(C(F)(F)F)c21. The number of β-amino-alcohol motifs (C(OH)–C–C–N with tert-alkyl or cyclic N) is 1. The van der Waals surface area contributed by atoms with Crippen LogP contribution >= 0.6 is 0 Å². The molecule has 0 bridgehead atoms. The molecule has 0 amide bonds. The summed E-state index contributed by atoms with van der Waals surface area (Å²) in [6.07, 6.45) is -5.06. The Bertz CT molecular complexity index is 432. The highest BCUT2D eigenvalue weighted by atomic mass is 19.4. The summed E-state index contributed by atoms with van der Waals surface area (Å²) in [5.74, 6) is 0. The number of aliphatic hydroxyl groups is 1. The van der Waals surface area contributed by atoms with Gasteiger partial charge in [-0.3, -0.25) is 0 Å². The van der Waals surface area contributed by atoms with Gasteiger partial charge in [0.15, 0.2) is 0 Å². The van der Waals surface area contributed by atoms with E-state index in [1.54, 1.807) is 17.9 Å². The number of aliphatic hydroxyl groups excluding tert-OH is 1. The summed E-state index contributed by atoms with van der Waals surface area (Å²) in [5.41, 5.74) is -0.0540. The van der Waals surface area contributed by atoms with Crippen LogP contribution in [0, 0.1) is 0 Å². The zero-order chi connectivity index (χ0) is 13.3. The fourth-order valence-electron chi connectivity index (χ4n) is 2.19. The normalized spacial score (nSPS) is 17.1. The van der Waals surface area contributed by atoms with E-state index in [0.29, 0.717) is 18.8 Å². The molecule has 1 aromatic carbocycles. The Labute approximate surface area is 103 Å². The lowest BCUT2D eigenvalue weighted by molar-refractivity contribution is -0.137. The summed E-state index contributed by atoms with van der Waals surface area (Å²) >= 11 is 0. The third-order valence-electron chi connectivity index (χ3n) is 2.84. The van der Waals surface area contributed by atoms with Gasteiger partial charge in [0, 0.05) is 19.6 Å². The summed E-state index contributed by atoms with van der Waals surface area (Å²) in [4.78, 5) is 1.58. The molecule has 0 aromatic heterocycles. The van der Waals surface area contributed by atoms with Crippen molar-refractivity contribution in [3.05, 3.63) is 23.8 Å². The van der Waals surface area contributed by atoms with Gasteiger partial charge in [-0.25, -0.2) is 0 Å². The average Bonchev–Trinajstić information content (AvgIpc) is 2.26. The Kier molecular flexibility index (Phi) is 3.38. The second-order valence-corrected chi connectivity index (χ2v) is 4.42. The van der Waals surface area contributed by atoms with Crippen molar-refractivity contribution in [2.75, 3.05) is 29.9 Å². The molecule has 100 valence electrons. The van der Waals surface area contributed by atoms with Crippen molar-refractivity contribution in [3.63, 3.8) is 0 Å². The Hall–Kier alpha value is -1.43. The summed E-state index contributed by atoms with van der Waals surface area (Å²) in [5, 5.41) is 12.3. The first-order valence-electron chi connectivity index (χ1n) is 5.76. The van der Waals surface area contributed by atoms with Crippen molar-refractivity contribution in [2.45, 2.75) is 19.2 Å². The lowest BCUT2D eigenvalue weighted by Crippen LogP contribution is -2.39. The summed E-state index contributed by atoms with van der Waals surface area (Å²) in [6, 6.07) is 4.08. The van der Waals surface area contributed by atoms with Crippen molar-refractivity contribution >= 4 is 11.4 Å². The topological polar surface area (TPSA) is 35.5 Å². The van der Waals surface area contributed by atoms with Gasteiger partial charge in [0.25, 0.3) is 0 Å². The molecule has 1 unspecified atom stereocenters. The number of nitrogens with zero attached hydrogens (tertiary/aromatic N) is 1. The Morgan fingerprint density at radius 2 is 2.17 bits per heavy atom. The van der Waals surface area contributed by atoms with Crippen LogP contribution in [0.25, 0.3) is 0 Å². The van der Waals surface area contributed by atoms with E-state index in [9.17, 15) is 18.3 Å². The maximum Gasteiger partial charge on any atom is 0.418 e. The van der Waals surface area contributed by atoms with Crippen molar-refractivity contribution < 1.29 is 18.3 Å². The molecule has 1 aliphatic heterocycles. The standard InChI is InChI=1S/C12H15F3N2O/c1-8(18)7-17-6-5-16-10-4-2-3-9(11(10)17)12(13,14)15/h2-4,8,16,18H,5-7H2,1H3. The highest BCUT2D eigenvalue weighted by Gasteiger charge is 2.37. The zero-order valence-corrected chi connectivity index (χ0v) is 9.96. The Morgan fingerprint density at radius 1 is 1.44 bits per heavy atom. The molecule has 1 heterocycles. The van der Waals surface area contributed by atoms with Gasteiger partial charge in [-0.2, -0.15) is 13.2 Å². The molecule has 1 aromatic rings. The molecular weight excluding hydrogens is 245 g/mol. The number of rotatable bonds is 2.